The molecule has 1 aromatic rings. The molecule has 0 aliphatic carbocycles. The van der Waals surface area contributed by atoms with Crippen molar-refractivity contribution in [3.05, 3.63) is 29.8 Å². The zero-order chi connectivity index (χ0) is 27.1. The molecular formula is C26H42N2O8. The summed E-state index contributed by atoms with van der Waals surface area (Å²) in [5, 5.41) is 9.01. The Morgan fingerprint density at radius 3 is 2.03 bits per heavy atom. The number of amides is 2. The highest BCUT2D eigenvalue weighted by molar-refractivity contribution is 5.76. The van der Waals surface area contributed by atoms with Gasteiger partial charge in [0, 0.05) is 14.2 Å². The van der Waals surface area contributed by atoms with Gasteiger partial charge in [-0.1, -0.05) is 39.8 Å². The second-order valence-electron chi connectivity index (χ2n) is 8.80. The number of methoxy groups -OCH3 is 2. The maximum Gasteiger partial charge on any atom is 0.323 e. The van der Waals surface area contributed by atoms with Gasteiger partial charge in [-0.2, -0.15) is 0 Å². The molecule has 10 nitrogen and oxygen atoms in total. The number of rotatable bonds is 12. The Morgan fingerprint density at radius 1 is 1.00 bits per heavy atom. The lowest BCUT2D eigenvalue weighted by molar-refractivity contribution is -0.157. The molecule has 1 N–H and O–H groups in total. The first kappa shape index (κ1) is 31.2. The molecule has 36 heavy (non-hydrogen) atoms. The number of ether oxygens (including phenoxy) is 4. The van der Waals surface area contributed by atoms with Gasteiger partial charge in [-0.25, -0.2) is 4.79 Å². The Morgan fingerprint density at radius 2 is 1.56 bits per heavy atom. The number of esters is 2. The van der Waals surface area contributed by atoms with Gasteiger partial charge in [0.25, 0.3) is 0 Å². The van der Waals surface area contributed by atoms with Crippen molar-refractivity contribution in [3.8, 4) is 5.75 Å². The van der Waals surface area contributed by atoms with Gasteiger partial charge in [0.1, 0.15) is 31.9 Å². The molecule has 204 valence electrons. The van der Waals surface area contributed by atoms with Gasteiger partial charge < -0.3 is 24.1 Å². The molecule has 0 radical (unpaired) electrons. The zero-order valence-corrected chi connectivity index (χ0v) is 22.4. The molecule has 0 saturated carbocycles. The number of hydrogen-bond donors (Lipinski definition) is 1. The van der Waals surface area contributed by atoms with E-state index in [1.54, 1.807) is 19.1 Å². The standard InChI is InChI=1S/C16H28N2O7.C10H14O/c1-5-12(2)15(20)24-7-6-14(19)25-13-8-17(10-22-3)16(21)18(9-13)11-23-4;1-3-8(2)9-4-6-10(11)7-5-9/h12-13H,5-11H2,1-4H3;4-8,11H,3H2,1-2H3. The number of aromatic hydroxyl groups is 1. The van der Waals surface area contributed by atoms with Crippen LogP contribution in [-0.4, -0.2) is 86.4 Å². The number of phenols is 1. The summed E-state index contributed by atoms with van der Waals surface area (Å²) < 4.78 is 20.4. The summed E-state index contributed by atoms with van der Waals surface area (Å²) in [4.78, 5) is 38.5. The number of nitrogens with zero attached hydrogens (tertiary/aromatic N) is 2. The lowest BCUT2D eigenvalue weighted by Gasteiger charge is -2.38. The number of carbonyl (C=O) groups is 3. The van der Waals surface area contributed by atoms with Crippen LogP contribution in [-0.2, 0) is 28.5 Å². The van der Waals surface area contributed by atoms with Gasteiger partial charge in [0.05, 0.1) is 25.4 Å². The van der Waals surface area contributed by atoms with E-state index >= 15 is 0 Å². The predicted octanol–water partition coefficient (Wildman–Crippen LogP) is 3.73. The third kappa shape index (κ3) is 10.8. The van der Waals surface area contributed by atoms with Crippen LogP contribution >= 0.6 is 0 Å². The predicted molar refractivity (Wildman–Crippen MR) is 134 cm³/mol. The number of phenolic OH excluding ortho intramolecular Hbond substituents is 1. The molecule has 1 heterocycles. The molecule has 2 amide bonds. The lowest BCUT2D eigenvalue weighted by atomic mass is 9.99. The van der Waals surface area contributed by atoms with Crippen molar-refractivity contribution in [2.75, 3.05) is 47.4 Å². The van der Waals surface area contributed by atoms with Crippen LogP contribution in [0.4, 0.5) is 4.79 Å². The largest absolute Gasteiger partial charge is 0.508 e. The lowest BCUT2D eigenvalue weighted by Crippen LogP contribution is -2.57. The van der Waals surface area contributed by atoms with Gasteiger partial charge in [-0.05, 0) is 36.5 Å². The van der Waals surface area contributed by atoms with E-state index in [4.69, 9.17) is 24.1 Å². The molecule has 1 aromatic carbocycles. The fourth-order valence-electron chi connectivity index (χ4n) is 3.33. The van der Waals surface area contributed by atoms with Gasteiger partial charge in [0.2, 0.25) is 0 Å². The first-order valence-electron chi connectivity index (χ1n) is 12.3. The van der Waals surface area contributed by atoms with Crippen LogP contribution in [0.15, 0.2) is 24.3 Å². The van der Waals surface area contributed by atoms with Gasteiger partial charge in [-0.15, -0.1) is 0 Å². The third-order valence-electron chi connectivity index (χ3n) is 5.90. The monoisotopic (exact) mass is 510 g/mol. The van der Waals surface area contributed by atoms with Gasteiger partial charge in [0.15, 0.2) is 0 Å². The highest BCUT2D eigenvalue weighted by Crippen LogP contribution is 2.20. The van der Waals surface area contributed by atoms with E-state index in [2.05, 4.69) is 13.8 Å². The average Bonchev–Trinajstić information content (AvgIpc) is 2.86. The summed E-state index contributed by atoms with van der Waals surface area (Å²) in [5.74, 6) is -0.0552. The van der Waals surface area contributed by atoms with Crippen LogP contribution in [0, 0.1) is 5.92 Å². The van der Waals surface area contributed by atoms with Crippen molar-refractivity contribution in [2.24, 2.45) is 5.92 Å². The van der Waals surface area contributed by atoms with Crippen LogP contribution in [0.25, 0.3) is 0 Å². The molecule has 1 saturated heterocycles. The van der Waals surface area contributed by atoms with Crippen molar-refractivity contribution in [3.63, 3.8) is 0 Å². The van der Waals surface area contributed by atoms with E-state index in [0.29, 0.717) is 18.1 Å². The molecular weight excluding hydrogens is 468 g/mol. The Kier molecular flexibility index (Phi) is 14.5. The van der Waals surface area contributed by atoms with E-state index in [9.17, 15) is 14.4 Å². The fourth-order valence-corrected chi connectivity index (χ4v) is 3.33. The van der Waals surface area contributed by atoms with Gasteiger partial charge in [-0.3, -0.25) is 19.4 Å². The summed E-state index contributed by atoms with van der Waals surface area (Å²) in [6, 6.07) is 7.19. The number of carbonyl (C=O) groups excluding carboxylic acids is 3. The van der Waals surface area contributed by atoms with Crippen molar-refractivity contribution in [1.82, 2.24) is 9.80 Å². The van der Waals surface area contributed by atoms with Crippen LogP contribution in [0.1, 0.15) is 58.4 Å². The minimum Gasteiger partial charge on any atom is -0.508 e. The van der Waals surface area contributed by atoms with E-state index < -0.39 is 12.1 Å². The van der Waals surface area contributed by atoms with Gasteiger partial charge >= 0.3 is 18.0 Å². The van der Waals surface area contributed by atoms with Crippen molar-refractivity contribution >= 4 is 18.0 Å². The molecule has 1 aliphatic heterocycles. The SMILES string of the molecule is CCC(C)C(=O)OCCC(=O)OC1CN(COC)C(=O)N(COC)C1.CCC(C)c1ccc(O)cc1. The average molecular weight is 511 g/mol. The minimum absolute atomic E-state index is 0.0166. The second kappa shape index (κ2) is 16.8. The molecule has 1 fully saturated rings. The number of hydrogen-bond acceptors (Lipinski definition) is 8. The summed E-state index contributed by atoms with van der Waals surface area (Å²) >= 11 is 0. The van der Waals surface area contributed by atoms with Crippen LogP contribution in [0.3, 0.4) is 0 Å². The highest BCUT2D eigenvalue weighted by atomic mass is 16.6. The Balaban J connectivity index is 0.000000488. The first-order valence-corrected chi connectivity index (χ1v) is 12.3. The van der Waals surface area contributed by atoms with E-state index in [0.717, 1.165) is 6.42 Å². The van der Waals surface area contributed by atoms with Crippen LogP contribution in [0.2, 0.25) is 0 Å². The second-order valence-corrected chi connectivity index (χ2v) is 8.80. The first-order chi connectivity index (χ1) is 17.2. The number of benzene rings is 1. The van der Waals surface area contributed by atoms with E-state index in [-0.39, 0.29) is 57.5 Å². The molecule has 2 atom stereocenters. The molecule has 0 bridgehead atoms. The fraction of sp³-hybridized carbons (Fsp3) is 0.654. The highest BCUT2D eigenvalue weighted by Gasteiger charge is 2.33. The van der Waals surface area contributed by atoms with E-state index in [1.165, 1.54) is 29.6 Å². The topological polar surface area (TPSA) is 115 Å². The Bertz CT molecular complexity index is 784. The molecule has 10 heteroatoms. The zero-order valence-electron chi connectivity index (χ0n) is 22.4. The van der Waals surface area contributed by atoms with Crippen LogP contribution in [0.5, 0.6) is 5.75 Å². The summed E-state index contributed by atoms with van der Waals surface area (Å²) in [7, 11) is 2.96. The molecule has 0 spiro atoms. The van der Waals surface area contributed by atoms with Crippen molar-refractivity contribution in [1.29, 1.82) is 0 Å². The molecule has 2 unspecified atom stereocenters. The summed E-state index contributed by atoms with van der Waals surface area (Å²) in [6.45, 7) is 8.67. The Hall–Kier alpha value is -2.85. The maximum absolute atomic E-state index is 12.2. The third-order valence-corrected chi connectivity index (χ3v) is 5.90. The normalized spacial score (nSPS) is 15.6. The van der Waals surface area contributed by atoms with E-state index in [1.807, 2.05) is 19.1 Å². The minimum atomic E-state index is -0.499. The summed E-state index contributed by atoms with van der Waals surface area (Å²) in [6.07, 6.45) is 1.30. The maximum atomic E-state index is 12.2. The summed E-state index contributed by atoms with van der Waals surface area (Å²) in [5.41, 5.74) is 1.30. The number of urea groups is 1. The smallest absolute Gasteiger partial charge is 0.323 e. The molecule has 0 aromatic heterocycles. The van der Waals surface area contributed by atoms with Crippen molar-refractivity contribution in [2.45, 2.75) is 59.0 Å². The molecule has 2 rings (SSSR count). The van der Waals surface area contributed by atoms with Crippen molar-refractivity contribution < 1.29 is 38.4 Å². The quantitative estimate of drug-likeness (QED) is 0.423. The van der Waals surface area contributed by atoms with Crippen LogP contribution < -0.4 is 0 Å². The molecule has 1 aliphatic rings. The Labute approximate surface area is 214 Å².